The monoisotopic (exact) mass is 529 g/mol. The predicted molar refractivity (Wildman–Crippen MR) is 168 cm³/mol. The van der Waals surface area contributed by atoms with Gasteiger partial charge in [-0.25, -0.2) is 0 Å². The molecule has 0 fully saturated rings. The summed E-state index contributed by atoms with van der Waals surface area (Å²) in [6.07, 6.45) is 0. The van der Waals surface area contributed by atoms with Gasteiger partial charge in [0.2, 0.25) is 0 Å². The number of furan rings is 2. The Morgan fingerprint density at radius 1 is 0.500 bits per heavy atom. The van der Waals surface area contributed by atoms with Gasteiger partial charge in [-0.15, -0.1) is 11.3 Å². The minimum Gasteiger partial charge on any atom is -0.456 e. The number of aromatic nitrogens is 1. The molecule has 0 amide bonds. The largest absolute Gasteiger partial charge is 0.456 e. The molecule has 0 N–H and O–H groups in total. The quantitative estimate of drug-likeness (QED) is 0.212. The van der Waals surface area contributed by atoms with Crippen LogP contribution in [0.25, 0.3) is 91.5 Å². The van der Waals surface area contributed by atoms with Crippen molar-refractivity contribution in [2.75, 3.05) is 0 Å². The molecule has 0 aliphatic heterocycles. The lowest BCUT2D eigenvalue weighted by Gasteiger charge is -2.10. The number of benzene rings is 6. The molecule has 4 aromatic heterocycles. The van der Waals surface area contributed by atoms with Gasteiger partial charge >= 0.3 is 0 Å². The van der Waals surface area contributed by atoms with Crippen LogP contribution < -0.4 is 0 Å². The van der Waals surface area contributed by atoms with E-state index in [0.717, 1.165) is 44.2 Å². The van der Waals surface area contributed by atoms with Crippen molar-refractivity contribution < 1.29 is 8.83 Å². The summed E-state index contributed by atoms with van der Waals surface area (Å²) in [6.45, 7) is 0. The fraction of sp³-hybridized carbons (Fsp3) is 0. The molecule has 0 saturated heterocycles. The van der Waals surface area contributed by atoms with E-state index in [1.54, 1.807) is 0 Å². The van der Waals surface area contributed by atoms with E-state index in [0.29, 0.717) is 0 Å². The molecule has 10 aromatic rings. The average Bonchev–Trinajstić information content (AvgIpc) is 3.75. The van der Waals surface area contributed by atoms with Crippen LogP contribution in [-0.2, 0) is 0 Å². The highest BCUT2D eigenvalue weighted by Crippen LogP contribution is 2.50. The summed E-state index contributed by atoms with van der Waals surface area (Å²) in [4.78, 5) is 0. The number of para-hydroxylation sites is 3. The Hall–Kier alpha value is -5.06. The molecule has 3 nitrogen and oxygen atoms in total. The highest BCUT2D eigenvalue weighted by atomic mass is 32.1. The van der Waals surface area contributed by atoms with Gasteiger partial charge in [0.1, 0.15) is 16.7 Å². The number of hydrogen-bond donors (Lipinski definition) is 0. The Balaban J connectivity index is 1.51. The number of nitrogens with zero attached hydrogens (tertiary/aromatic N) is 1. The first-order chi connectivity index (χ1) is 19.8. The molecule has 186 valence electrons. The molecular formula is C36H19NO2S. The van der Waals surface area contributed by atoms with Gasteiger partial charge in [0, 0.05) is 53.5 Å². The van der Waals surface area contributed by atoms with Gasteiger partial charge in [-0.3, -0.25) is 0 Å². The Morgan fingerprint density at radius 3 is 2.05 bits per heavy atom. The summed E-state index contributed by atoms with van der Waals surface area (Å²) < 4.78 is 17.8. The molecule has 10 rings (SSSR count). The molecule has 0 unspecified atom stereocenters. The van der Waals surface area contributed by atoms with E-state index < -0.39 is 0 Å². The van der Waals surface area contributed by atoms with Gasteiger partial charge in [0.05, 0.1) is 15.7 Å². The van der Waals surface area contributed by atoms with Crippen molar-refractivity contribution in [1.29, 1.82) is 0 Å². The standard InChI is InChI=1S/C36H19NO2S/c1-5-13-26-22(10-1)31-32-23-11-3-7-15-28(23)39-35(32)36-33(24-12-4-8-16-30(24)40-36)34(31)37(26)20-17-18-29-25(19-20)21-9-2-6-14-27(21)38-29/h1-19H. The van der Waals surface area contributed by atoms with Crippen LogP contribution in [0.5, 0.6) is 0 Å². The normalized spacial score (nSPS) is 12.5. The van der Waals surface area contributed by atoms with Crippen LogP contribution in [0.2, 0.25) is 0 Å². The Kier molecular flexibility index (Phi) is 3.81. The summed E-state index contributed by atoms with van der Waals surface area (Å²) in [7, 11) is 0. The van der Waals surface area contributed by atoms with Crippen molar-refractivity contribution in [3.8, 4) is 5.69 Å². The average molecular weight is 530 g/mol. The second-order valence-electron chi connectivity index (χ2n) is 10.5. The second-order valence-corrected chi connectivity index (χ2v) is 11.5. The van der Waals surface area contributed by atoms with Crippen molar-refractivity contribution in [2.24, 2.45) is 0 Å². The van der Waals surface area contributed by atoms with Crippen molar-refractivity contribution in [3.63, 3.8) is 0 Å². The molecule has 0 radical (unpaired) electrons. The number of fused-ring (bicyclic) bond motifs is 15. The van der Waals surface area contributed by atoms with Crippen LogP contribution in [0, 0.1) is 0 Å². The SMILES string of the molecule is c1ccc2c(c1)oc1ccc(-n3c4ccccc4c4c5c6ccccc6oc5c5sc6ccccc6c5c43)cc12. The number of thiophene rings is 1. The first kappa shape index (κ1) is 20.8. The highest BCUT2D eigenvalue weighted by molar-refractivity contribution is 7.26. The maximum absolute atomic E-state index is 6.65. The van der Waals surface area contributed by atoms with Gasteiger partial charge < -0.3 is 13.4 Å². The van der Waals surface area contributed by atoms with Crippen molar-refractivity contribution in [2.45, 2.75) is 0 Å². The van der Waals surface area contributed by atoms with Gasteiger partial charge in [0.25, 0.3) is 0 Å². The minimum absolute atomic E-state index is 0.903. The van der Waals surface area contributed by atoms with E-state index in [4.69, 9.17) is 8.83 Å². The van der Waals surface area contributed by atoms with Crippen LogP contribution >= 0.6 is 11.3 Å². The lowest BCUT2D eigenvalue weighted by atomic mass is 10.0. The Bertz CT molecular complexity index is 2660. The molecule has 4 heteroatoms. The fourth-order valence-corrected chi connectivity index (χ4v) is 7.94. The fourth-order valence-electron chi connectivity index (χ4n) is 6.75. The molecular weight excluding hydrogens is 510 g/mol. The molecule has 6 aromatic carbocycles. The summed E-state index contributed by atoms with van der Waals surface area (Å²) in [6, 6.07) is 40.8. The topological polar surface area (TPSA) is 31.2 Å². The maximum Gasteiger partial charge on any atom is 0.154 e. The van der Waals surface area contributed by atoms with Gasteiger partial charge in [0.15, 0.2) is 5.58 Å². The molecule has 4 heterocycles. The van der Waals surface area contributed by atoms with E-state index in [9.17, 15) is 0 Å². The zero-order valence-corrected chi connectivity index (χ0v) is 22.0. The first-order valence-electron chi connectivity index (χ1n) is 13.4. The van der Waals surface area contributed by atoms with Crippen LogP contribution in [-0.4, -0.2) is 4.57 Å². The lowest BCUT2D eigenvalue weighted by molar-refractivity contribution is 0.669. The maximum atomic E-state index is 6.65. The summed E-state index contributed by atoms with van der Waals surface area (Å²) in [5.41, 5.74) is 7.23. The Labute approximate surface area is 231 Å². The first-order valence-corrected chi connectivity index (χ1v) is 14.3. The smallest absolute Gasteiger partial charge is 0.154 e. The highest BCUT2D eigenvalue weighted by Gasteiger charge is 2.25. The van der Waals surface area contributed by atoms with Crippen LogP contribution in [0.3, 0.4) is 0 Å². The van der Waals surface area contributed by atoms with E-state index in [-0.39, 0.29) is 0 Å². The molecule has 0 saturated carbocycles. The van der Waals surface area contributed by atoms with E-state index in [1.165, 1.54) is 47.4 Å². The molecule has 0 atom stereocenters. The molecule has 0 aliphatic carbocycles. The van der Waals surface area contributed by atoms with Gasteiger partial charge in [-0.1, -0.05) is 72.8 Å². The van der Waals surface area contributed by atoms with E-state index in [1.807, 2.05) is 23.5 Å². The zero-order chi connectivity index (χ0) is 25.9. The van der Waals surface area contributed by atoms with Crippen molar-refractivity contribution in [3.05, 3.63) is 115 Å². The zero-order valence-electron chi connectivity index (χ0n) is 21.1. The second kappa shape index (κ2) is 7.32. The van der Waals surface area contributed by atoms with Gasteiger partial charge in [-0.05, 0) is 42.5 Å². The lowest BCUT2D eigenvalue weighted by Crippen LogP contribution is -1.94. The summed E-state index contributed by atoms with van der Waals surface area (Å²) >= 11 is 1.82. The van der Waals surface area contributed by atoms with Crippen LogP contribution in [0.1, 0.15) is 0 Å². The molecule has 0 bridgehead atoms. The Morgan fingerprint density at radius 2 is 1.18 bits per heavy atom. The van der Waals surface area contributed by atoms with Crippen molar-refractivity contribution >= 4 is 97.2 Å². The van der Waals surface area contributed by atoms with Crippen molar-refractivity contribution in [1.82, 2.24) is 4.57 Å². The molecule has 40 heavy (non-hydrogen) atoms. The third kappa shape index (κ3) is 2.50. The summed E-state index contributed by atoms with van der Waals surface area (Å²) in [5.74, 6) is 0. The van der Waals surface area contributed by atoms with Crippen LogP contribution in [0.15, 0.2) is 124 Å². The summed E-state index contributed by atoms with van der Waals surface area (Å²) in [5, 5.41) is 9.57. The third-order valence-electron chi connectivity index (χ3n) is 8.38. The predicted octanol–water partition coefficient (Wildman–Crippen LogP) is 11.0. The molecule has 0 aliphatic rings. The minimum atomic E-state index is 0.903. The van der Waals surface area contributed by atoms with Crippen LogP contribution in [0.4, 0.5) is 0 Å². The molecule has 0 spiro atoms. The number of rotatable bonds is 1. The van der Waals surface area contributed by atoms with E-state index >= 15 is 0 Å². The number of hydrogen-bond acceptors (Lipinski definition) is 3. The van der Waals surface area contributed by atoms with E-state index in [2.05, 4.69) is 108 Å². The third-order valence-corrected chi connectivity index (χ3v) is 9.55. The van der Waals surface area contributed by atoms with Gasteiger partial charge in [-0.2, -0.15) is 0 Å².